The predicted molar refractivity (Wildman–Crippen MR) is 58.5 cm³/mol. The lowest BCUT2D eigenvalue weighted by Gasteiger charge is -2.42. The first-order valence-electron chi connectivity index (χ1n) is 5.78. The molecule has 3 aliphatic rings. The Bertz CT molecular complexity index is 260. The van der Waals surface area contributed by atoms with Crippen molar-refractivity contribution >= 4 is 11.8 Å². The molecule has 1 aliphatic heterocycles. The van der Waals surface area contributed by atoms with E-state index in [9.17, 15) is 0 Å². The second-order valence-electron chi connectivity index (χ2n) is 4.88. The second kappa shape index (κ2) is 2.79. The van der Waals surface area contributed by atoms with E-state index in [-0.39, 0.29) is 0 Å². The van der Waals surface area contributed by atoms with E-state index in [0.29, 0.717) is 5.41 Å². The number of hydrogen-bond acceptors (Lipinski definition) is 1. The molecule has 0 aromatic heterocycles. The van der Waals surface area contributed by atoms with Crippen LogP contribution in [0.25, 0.3) is 0 Å². The van der Waals surface area contributed by atoms with E-state index in [1.165, 1.54) is 44.9 Å². The summed E-state index contributed by atoms with van der Waals surface area (Å²) in [5.41, 5.74) is 0.709. The van der Waals surface area contributed by atoms with Gasteiger partial charge in [0.05, 0.1) is 0 Å². The Labute approximate surface area is 85.2 Å². The molecule has 0 aromatic carbocycles. The third kappa shape index (κ3) is 1.06. The maximum atomic E-state index is 2.40. The molecule has 1 fully saturated rings. The third-order valence-electron chi connectivity index (χ3n) is 4.38. The Hall–Kier alpha value is 0.0900. The fourth-order valence-electron chi connectivity index (χ4n) is 3.41. The largest absolute Gasteiger partial charge is 0.0967 e. The second-order valence-corrected chi connectivity index (χ2v) is 5.98. The van der Waals surface area contributed by atoms with Crippen LogP contribution in [0.4, 0.5) is 0 Å². The number of rotatable bonds is 2. The summed E-state index contributed by atoms with van der Waals surface area (Å²) in [5, 5.41) is 0. The van der Waals surface area contributed by atoms with Crippen LogP contribution < -0.4 is 0 Å². The van der Waals surface area contributed by atoms with Crippen molar-refractivity contribution in [3.8, 4) is 0 Å². The fourth-order valence-corrected chi connectivity index (χ4v) is 4.80. The maximum Gasteiger partial charge on any atom is 0.00956 e. The lowest BCUT2D eigenvalue weighted by atomic mass is 9.61. The van der Waals surface area contributed by atoms with Gasteiger partial charge in [0.2, 0.25) is 0 Å². The highest BCUT2D eigenvalue weighted by molar-refractivity contribution is 8.13. The Morgan fingerprint density at radius 2 is 2.08 bits per heavy atom. The summed E-state index contributed by atoms with van der Waals surface area (Å²) >= 11 is 2.12. The summed E-state index contributed by atoms with van der Waals surface area (Å²) in [6.45, 7) is 2.40. The molecule has 1 unspecified atom stereocenters. The van der Waals surface area contributed by atoms with Gasteiger partial charge in [-0.15, -0.1) is 0 Å². The molecule has 1 saturated carbocycles. The minimum absolute atomic E-state index is 0.709. The lowest BCUT2D eigenvalue weighted by Crippen LogP contribution is -2.33. The Morgan fingerprint density at radius 1 is 1.31 bits per heavy atom. The first-order chi connectivity index (χ1) is 6.37. The van der Waals surface area contributed by atoms with Crippen molar-refractivity contribution < 1.29 is 0 Å². The summed E-state index contributed by atoms with van der Waals surface area (Å²) in [7, 11) is 0. The van der Waals surface area contributed by atoms with Gasteiger partial charge in [-0.05, 0) is 31.6 Å². The zero-order valence-electron chi connectivity index (χ0n) is 8.44. The van der Waals surface area contributed by atoms with Crippen LogP contribution in [0.2, 0.25) is 0 Å². The zero-order chi connectivity index (χ0) is 8.89. The van der Waals surface area contributed by atoms with Crippen molar-refractivity contribution in [3.05, 3.63) is 9.81 Å². The molecule has 1 atom stereocenters. The van der Waals surface area contributed by atoms with Crippen molar-refractivity contribution in [2.24, 2.45) is 11.3 Å². The van der Waals surface area contributed by atoms with Gasteiger partial charge in [0.25, 0.3) is 0 Å². The topological polar surface area (TPSA) is 0 Å². The van der Waals surface area contributed by atoms with Gasteiger partial charge >= 0.3 is 0 Å². The third-order valence-corrected chi connectivity index (χ3v) is 5.63. The van der Waals surface area contributed by atoms with E-state index in [2.05, 4.69) is 18.7 Å². The highest BCUT2D eigenvalue weighted by Crippen LogP contribution is 2.74. The Balaban J connectivity index is 1.78. The normalized spacial score (nSPS) is 38.5. The van der Waals surface area contributed by atoms with Gasteiger partial charge in [0, 0.05) is 15.2 Å². The quantitative estimate of drug-likeness (QED) is 0.630. The minimum Gasteiger partial charge on any atom is -0.0967 e. The monoisotopic (exact) mass is 194 g/mol. The summed E-state index contributed by atoms with van der Waals surface area (Å²) in [4.78, 5) is 3.58. The van der Waals surface area contributed by atoms with Crippen LogP contribution in [0.1, 0.15) is 51.9 Å². The minimum atomic E-state index is 0.709. The van der Waals surface area contributed by atoms with E-state index in [1.54, 1.807) is 4.91 Å². The molecule has 0 N–H and O–H groups in total. The molecular weight excluding hydrogens is 176 g/mol. The van der Waals surface area contributed by atoms with E-state index in [0.717, 1.165) is 5.92 Å². The average molecular weight is 194 g/mol. The lowest BCUT2D eigenvalue weighted by molar-refractivity contribution is 0.147. The van der Waals surface area contributed by atoms with Crippen molar-refractivity contribution in [2.45, 2.75) is 51.9 Å². The average Bonchev–Trinajstić information content (AvgIpc) is 2.82. The SMILES string of the molecule is CCC1(C2CCCCC2)CC2=C1S2. The van der Waals surface area contributed by atoms with Gasteiger partial charge in [0.1, 0.15) is 0 Å². The highest BCUT2D eigenvalue weighted by atomic mass is 32.2. The molecule has 0 aromatic rings. The van der Waals surface area contributed by atoms with Crippen LogP contribution in [0.15, 0.2) is 9.81 Å². The summed E-state index contributed by atoms with van der Waals surface area (Å²) in [6, 6.07) is 0. The van der Waals surface area contributed by atoms with Crippen LogP contribution in [-0.2, 0) is 0 Å². The van der Waals surface area contributed by atoms with E-state index < -0.39 is 0 Å². The van der Waals surface area contributed by atoms with Crippen LogP contribution in [0.5, 0.6) is 0 Å². The molecule has 0 radical (unpaired) electrons. The summed E-state index contributed by atoms with van der Waals surface area (Å²) < 4.78 is 0. The van der Waals surface area contributed by atoms with Crippen molar-refractivity contribution in [1.29, 1.82) is 0 Å². The molecule has 0 spiro atoms. The number of allylic oxidation sites excluding steroid dienone is 2. The first-order valence-corrected chi connectivity index (χ1v) is 6.60. The molecule has 72 valence electrons. The molecule has 3 rings (SSSR count). The van der Waals surface area contributed by atoms with E-state index in [1.807, 2.05) is 4.91 Å². The molecule has 2 aliphatic carbocycles. The van der Waals surface area contributed by atoms with Crippen LogP contribution in [0, 0.1) is 11.3 Å². The van der Waals surface area contributed by atoms with E-state index in [4.69, 9.17) is 0 Å². The highest BCUT2D eigenvalue weighted by Gasteiger charge is 2.56. The standard InChI is InChI=1S/C12H18S/c1-2-12(8-10-11(12)13-10)9-6-4-3-5-7-9/h9H,2-8H2,1H3. The van der Waals surface area contributed by atoms with Gasteiger partial charge < -0.3 is 0 Å². The molecule has 1 heteroatoms. The Morgan fingerprint density at radius 3 is 2.54 bits per heavy atom. The molecule has 1 heterocycles. The van der Waals surface area contributed by atoms with Gasteiger partial charge in [-0.1, -0.05) is 37.9 Å². The number of hydrogen-bond donors (Lipinski definition) is 0. The van der Waals surface area contributed by atoms with Crippen LogP contribution in [-0.4, -0.2) is 0 Å². The summed E-state index contributed by atoms with van der Waals surface area (Å²) in [6.07, 6.45) is 10.4. The van der Waals surface area contributed by atoms with Crippen LogP contribution >= 0.6 is 11.8 Å². The van der Waals surface area contributed by atoms with Gasteiger partial charge in [-0.3, -0.25) is 0 Å². The molecule has 0 bridgehead atoms. The van der Waals surface area contributed by atoms with Crippen molar-refractivity contribution in [1.82, 2.24) is 0 Å². The summed E-state index contributed by atoms with van der Waals surface area (Å²) in [5.74, 6) is 1.06. The first kappa shape index (κ1) is 8.40. The van der Waals surface area contributed by atoms with Crippen LogP contribution in [0.3, 0.4) is 0 Å². The number of thioether (sulfide) groups is 1. The molecule has 0 saturated heterocycles. The predicted octanol–water partition coefficient (Wildman–Crippen LogP) is 4.33. The van der Waals surface area contributed by atoms with E-state index >= 15 is 0 Å². The van der Waals surface area contributed by atoms with Gasteiger partial charge in [-0.2, -0.15) is 0 Å². The van der Waals surface area contributed by atoms with Gasteiger partial charge in [0.15, 0.2) is 0 Å². The fraction of sp³-hybridized carbons (Fsp3) is 0.833. The smallest absolute Gasteiger partial charge is 0.00956 e. The zero-order valence-corrected chi connectivity index (χ0v) is 9.25. The molecule has 13 heavy (non-hydrogen) atoms. The van der Waals surface area contributed by atoms with Crippen molar-refractivity contribution in [2.75, 3.05) is 0 Å². The Kier molecular flexibility index (Phi) is 1.80. The molecule has 0 amide bonds. The molecular formula is C12H18S. The maximum absolute atomic E-state index is 2.40. The molecule has 0 nitrogen and oxygen atoms in total. The van der Waals surface area contributed by atoms with Crippen molar-refractivity contribution in [3.63, 3.8) is 0 Å². The van der Waals surface area contributed by atoms with Gasteiger partial charge in [-0.25, -0.2) is 0 Å².